The molecule has 1 heterocycles. The van der Waals surface area contributed by atoms with Crippen molar-refractivity contribution in [3.8, 4) is 0 Å². The van der Waals surface area contributed by atoms with Gasteiger partial charge < -0.3 is 10.2 Å². The van der Waals surface area contributed by atoms with Gasteiger partial charge in [0.25, 0.3) is 0 Å². The van der Waals surface area contributed by atoms with Crippen LogP contribution in [0.4, 0.5) is 0 Å². The summed E-state index contributed by atoms with van der Waals surface area (Å²) in [7, 11) is 0. The fourth-order valence-corrected chi connectivity index (χ4v) is 2.41. The third-order valence-electron chi connectivity index (χ3n) is 1.86. The molecule has 3 heteroatoms. The highest BCUT2D eigenvalue weighted by atomic mass is 32.1. The number of hydrogen-bond donors (Lipinski definition) is 2. The normalized spacial score (nSPS) is 11.3. The van der Waals surface area contributed by atoms with E-state index in [4.69, 9.17) is 10.2 Å². The van der Waals surface area contributed by atoms with E-state index < -0.39 is 6.29 Å². The zero-order valence-electron chi connectivity index (χ0n) is 6.97. The van der Waals surface area contributed by atoms with Crippen LogP contribution in [-0.4, -0.2) is 16.5 Å². The minimum Gasteiger partial charge on any atom is -0.368 e. The van der Waals surface area contributed by atoms with Crippen LogP contribution in [0.2, 0.25) is 0 Å². The van der Waals surface area contributed by atoms with Crippen LogP contribution in [0.15, 0.2) is 30.3 Å². The maximum atomic E-state index is 8.79. The van der Waals surface area contributed by atoms with Gasteiger partial charge in [0, 0.05) is 16.0 Å². The second-order valence-corrected chi connectivity index (χ2v) is 4.10. The number of aliphatic hydroxyl groups is 2. The molecule has 0 spiro atoms. The third kappa shape index (κ3) is 1.88. The Bertz CT molecular complexity index is 373. The zero-order valence-corrected chi connectivity index (χ0v) is 7.79. The molecule has 0 saturated carbocycles. The molecule has 2 rings (SSSR count). The fraction of sp³-hybridized carbons (Fsp3) is 0.200. The Labute approximate surface area is 80.1 Å². The summed E-state index contributed by atoms with van der Waals surface area (Å²) in [5, 5.41) is 18.8. The molecule has 2 aromatic rings. The smallest absolute Gasteiger partial charge is 0.156 e. The van der Waals surface area contributed by atoms with E-state index in [1.807, 2.05) is 30.3 Å². The van der Waals surface area contributed by atoms with E-state index >= 15 is 0 Å². The SMILES string of the molecule is OC(O)Cc1cc2ccccc2s1. The summed E-state index contributed by atoms with van der Waals surface area (Å²) in [4.78, 5) is 1.01. The number of benzene rings is 1. The molecule has 0 fully saturated rings. The Morgan fingerprint density at radius 1 is 1.23 bits per heavy atom. The van der Waals surface area contributed by atoms with Crippen molar-refractivity contribution in [1.82, 2.24) is 0 Å². The number of rotatable bonds is 2. The lowest BCUT2D eigenvalue weighted by Crippen LogP contribution is -2.06. The highest BCUT2D eigenvalue weighted by molar-refractivity contribution is 7.19. The molecular formula is C10H10O2S. The van der Waals surface area contributed by atoms with Gasteiger partial charge in [0.15, 0.2) is 6.29 Å². The van der Waals surface area contributed by atoms with E-state index in [-0.39, 0.29) is 0 Å². The molecule has 0 aliphatic rings. The van der Waals surface area contributed by atoms with Gasteiger partial charge in [-0.05, 0) is 17.5 Å². The largest absolute Gasteiger partial charge is 0.368 e. The molecule has 1 aromatic carbocycles. The van der Waals surface area contributed by atoms with Crippen LogP contribution < -0.4 is 0 Å². The molecule has 0 aliphatic carbocycles. The lowest BCUT2D eigenvalue weighted by atomic mass is 10.2. The summed E-state index contributed by atoms with van der Waals surface area (Å²) < 4.78 is 1.19. The van der Waals surface area contributed by atoms with Crippen molar-refractivity contribution in [2.75, 3.05) is 0 Å². The predicted octanol–water partition coefficient (Wildman–Crippen LogP) is 1.75. The minimum atomic E-state index is -1.24. The topological polar surface area (TPSA) is 40.5 Å². The van der Waals surface area contributed by atoms with Gasteiger partial charge in [-0.3, -0.25) is 0 Å². The van der Waals surface area contributed by atoms with E-state index in [0.29, 0.717) is 6.42 Å². The highest BCUT2D eigenvalue weighted by Gasteiger charge is 2.04. The van der Waals surface area contributed by atoms with Crippen LogP contribution in [0.5, 0.6) is 0 Å². The van der Waals surface area contributed by atoms with Gasteiger partial charge in [0.05, 0.1) is 0 Å². The Kier molecular flexibility index (Phi) is 2.31. The molecule has 0 saturated heterocycles. The van der Waals surface area contributed by atoms with E-state index in [2.05, 4.69) is 0 Å². The van der Waals surface area contributed by atoms with Crippen molar-refractivity contribution in [2.45, 2.75) is 12.7 Å². The second kappa shape index (κ2) is 3.46. The molecule has 68 valence electrons. The molecule has 13 heavy (non-hydrogen) atoms. The molecule has 2 nitrogen and oxygen atoms in total. The van der Waals surface area contributed by atoms with Crippen LogP contribution in [0, 0.1) is 0 Å². The molecule has 1 aromatic heterocycles. The first kappa shape index (κ1) is 8.69. The first-order valence-corrected chi connectivity index (χ1v) is 4.91. The van der Waals surface area contributed by atoms with E-state index in [0.717, 1.165) is 4.88 Å². The van der Waals surface area contributed by atoms with Crippen molar-refractivity contribution in [3.63, 3.8) is 0 Å². The summed E-state index contributed by atoms with van der Waals surface area (Å²) in [5.74, 6) is 0. The van der Waals surface area contributed by atoms with Crippen LogP contribution in [-0.2, 0) is 6.42 Å². The van der Waals surface area contributed by atoms with E-state index in [1.54, 1.807) is 11.3 Å². The lowest BCUT2D eigenvalue weighted by Gasteiger charge is -1.97. The lowest BCUT2D eigenvalue weighted by molar-refractivity contribution is -0.0375. The fourth-order valence-electron chi connectivity index (χ4n) is 1.32. The van der Waals surface area contributed by atoms with E-state index in [1.165, 1.54) is 10.1 Å². The quantitative estimate of drug-likeness (QED) is 0.715. The highest BCUT2D eigenvalue weighted by Crippen LogP contribution is 2.25. The molecule has 0 unspecified atom stereocenters. The second-order valence-electron chi connectivity index (χ2n) is 2.94. The summed E-state index contributed by atoms with van der Waals surface area (Å²) in [6.07, 6.45) is -0.924. The average Bonchev–Trinajstić information content (AvgIpc) is 2.44. The summed E-state index contributed by atoms with van der Waals surface area (Å²) in [6, 6.07) is 10.0. The maximum Gasteiger partial charge on any atom is 0.156 e. The molecule has 0 radical (unpaired) electrons. The maximum absolute atomic E-state index is 8.79. The predicted molar refractivity (Wildman–Crippen MR) is 53.8 cm³/mol. The summed E-state index contributed by atoms with van der Waals surface area (Å²) in [5.41, 5.74) is 0. The van der Waals surface area contributed by atoms with Crippen molar-refractivity contribution in [2.24, 2.45) is 0 Å². The van der Waals surface area contributed by atoms with Gasteiger partial charge in [-0.25, -0.2) is 0 Å². The first-order chi connectivity index (χ1) is 6.25. The monoisotopic (exact) mass is 194 g/mol. The number of aliphatic hydroxyl groups excluding tert-OH is 1. The number of hydrogen-bond acceptors (Lipinski definition) is 3. The summed E-state index contributed by atoms with van der Waals surface area (Å²) in [6.45, 7) is 0. The third-order valence-corrected chi connectivity index (χ3v) is 3.00. The van der Waals surface area contributed by atoms with E-state index in [9.17, 15) is 0 Å². The Hall–Kier alpha value is -0.900. The van der Waals surface area contributed by atoms with Crippen molar-refractivity contribution in [1.29, 1.82) is 0 Å². The Balaban J connectivity index is 2.38. The standard InChI is InChI=1S/C10H10O2S/c11-10(12)6-8-5-7-3-1-2-4-9(7)13-8/h1-5,10-12H,6H2. The van der Waals surface area contributed by atoms with Gasteiger partial charge in [-0.2, -0.15) is 0 Å². The van der Waals surface area contributed by atoms with Crippen LogP contribution in [0.1, 0.15) is 4.88 Å². The molecule has 0 aliphatic heterocycles. The molecular weight excluding hydrogens is 184 g/mol. The van der Waals surface area contributed by atoms with Crippen molar-refractivity contribution < 1.29 is 10.2 Å². The number of fused-ring (bicyclic) bond motifs is 1. The Morgan fingerprint density at radius 3 is 2.69 bits per heavy atom. The minimum absolute atomic E-state index is 0.319. The van der Waals surface area contributed by atoms with Crippen molar-refractivity contribution in [3.05, 3.63) is 35.2 Å². The van der Waals surface area contributed by atoms with Crippen LogP contribution in [0.3, 0.4) is 0 Å². The molecule has 0 bridgehead atoms. The molecule has 0 atom stereocenters. The van der Waals surface area contributed by atoms with Crippen molar-refractivity contribution >= 4 is 21.4 Å². The van der Waals surface area contributed by atoms with Gasteiger partial charge >= 0.3 is 0 Å². The average molecular weight is 194 g/mol. The van der Waals surface area contributed by atoms with Crippen LogP contribution >= 0.6 is 11.3 Å². The van der Waals surface area contributed by atoms with Gasteiger partial charge in [-0.15, -0.1) is 11.3 Å². The molecule has 0 amide bonds. The zero-order chi connectivity index (χ0) is 9.26. The molecule has 2 N–H and O–H groups in total. The van der Waals surface area contributed by atoms with Gasteiger partial charge in [0.2, 0.25) is 0 Å². The number of thiophene rings is 1. The Morgan fingerprint density at radius 2 is 2.00 bits per heavy atom. The summed E-state index contributed by atoms with van der Waals surface area (Å²) >= 11 is 1.61. The van der Waals surface area contributed by atoms with Gasteiger partial charge in [-0.1, -0.05) is 18.2 Å². The van der Waals surface area contributed by atoms with Gasteiger partial charge in [0.1, 0.15) is 0 Å². The first-order valence-electron chi connectivity index (χ1n) is 4.09. The van der Waals surface area contributed by atoms with Crippen LogP contribution in [0.25, 0.3) is 10.1 Å².